The summed E-state index contributed by atoms with van der Waals surface area (Å²) in [5.74, 6) is -0.975. The number of alkyl carbamates (subject to hydrolysis) is 1. The number of rotatable bonds is 11. The molecule has 39 heavy (non-hydrogen) atoms. The molecule has 11 nitrogen and oxygen atoms in total. The smallest absolute Gasteiger partial charge is 0.407 e. The number of nitrogens with one attached hydrogen (secondary N) is 1. The van der Waals surface area contributed by atoms with Crippen LogP contribution in [0.5, 0.6) is 11.5 Å². The maximum atomic E-state index is 13.5. The number of phenolic OH excluding ortho intramolecular Hbond substituents is 2. The normalized spacial score (nSPS) is 22.5. The van der Waals surface area contributed by atoms with Gasteiger partial charge in [-0.1, -0.05) is 44.2 Å². The zero-order valence-electron chi connectivity index (χ0n) is 22.0. The third kappa shape index (κ3) is 7.40. The van der Waals surface area contributed by atoms with Crippen LogP contribution in [-0.4, -0.2) is 85.0 Å². The van der Waals surface area contributed by atoms with Gasteiger partial charge in [0.2, 0.25) is 10.0 Å². The SMILES string of the molecule is CC(C)CN(CC(O)C(Cc1ccccc1)NC(=O)OC1COC2OCCC12)S(=O)(=O)c1cc(O)cc(O)c1. The van der Waals surface area contributed by atoms with E-state index in [9.17, 15) is 28.5 Å². The molecule has 0 aromatic heterocycles. The first kappa shape index (κ1) is 29.1. The Hall–Kier alpha value is -2.90. The Bertz CT molecular complexity index is 1200. The van der Waals surface area contributed by atoms with Gasteiger partial charge in [-0.05, 0) is 24.3 Å². The highest BCUT2D eigenvalue weighted by Crippen LogP contribution is 2.33. The number of benzene rings is 2. The molecule has 2 heterocycles. The van der Waals surface area contributed by atoms with Crippen LogP contribution in [0.2, 0.25) is 0 Å². The lowest BCUT2D eigenvalue weighted by atomic mass is 10.0. The van der Waals surface area contributed by atoms with E-state index in [-0.39, 0.29) is 49.1 Å². The molecule has 5 atom stereocenters. The fraction of sp³-hybridized carbons (Fsp3) is 0.519. The van der Waals surface area contributed by atoms with Crippen molar-refractivity contribution in [1.82, 2.24) is 9.62 Å². The Labute approximate surface area is 228 Å². The molecule has 2 fully saturated rings. The van der Waals surface area contributed by atoms with Crippen molar-refractivity contribution in [2.45, 2.75) is 56.1 Å². The molecular formula is C27H36N2O9S. The molecular weight excluding hydrogens is 528 g/mol. The quantitative estimate of drug-likeness (QED) is 0.321. The number of aliphatic hydroxyl groups is 1. The average Bonchev–Trinajstić information content (AvgIpc) is 3.48. The number of carbonyl (C=O) groups excluding carboxylic acids is 1. The second kappa shape index (κ2) is 12.5. The molecule has 0 saturated carbocycles. The lowest BCUT2D eigenvalue weighted by Gasteiger charge is -2.31. The van der Waals surface area contributed by atoms with E-state index in [0.717, 1.165) is 28.1 Å². The second-order valence-electron chi connectivity index (χ2n) is 10.4. The van der Waals surface area contributed by atoms with Gasteiger partial charge in [-0.2, -0.15) is 4.31 Å². The van der Waals surface area contributed by atoms with Gasteiger partial charge in [0, 0.05) is 31.3 Å². The van der Waals surface area contributed by atoms with Crippen molar-refractivity contribution < 1.29 is 42.7 Å². The number of carbonyl (C=O) groups is 1. The summed E-state index contributed by atoms with van der Waals surface area (Å²) in [5.41, 5.74) is 0.825. The predicted molar refractivity (Wildman–Crippen MR) is 141 cm³/mol. The van der Waals surface area contributed by atoms with E-state index in [0.29, 0.717) is 13.0 Å². The Balaban J connectivity index is 1.53. The molecule has 2 aromatic carbocycles. The maximum absolute atomic E-state index is 13.5. The third-order valence-electron chi connectivity index (χ3n) is 6.78. The molecule has 214 valence electrons. The number of phenols is 2. The van der Waals surface area contributed by atoms with Crippen molar-refractivity contribution in [1.29, 1.82) is 0 Å². The summed E-state index contributed by atoms with van der Waals surface area (Å²) in [6, 6.07) is 11.4. The number of aromatic hydroxyl groups is 2. The van der Waals surface area contributed by atoms with Crippen LogP contribution in [-0.2, 0) is 30.7 Å². The first-order valence-corrected chi connectivity index (χ1v) is 14.4. The Morgan fingerprint density at radius 2 is 1.79 bits per heavy atom. The molecule has 5 unspecified atom stereocenters. The standard InChI is InChI=1S/C27H36N2O9S/c1-17(2)14-29(39(34,35)21-12-19(30)11-20(31)13-21)15-24(32)23(10-18-6-4-3-5-7-18)28-27(33)38-25-16-37-26-22(25)8-9-36-26/h3-7,11-13,17,22-26,30-32H,8-10,14-16H2,1-2H3,(H,28,33). The largest absolute Gasteiger partial charge is 0.508 e. The topological polar surface area (TPSA) is 155 Å². The highest BCUT2D eigenvalue weighted by Gasteiger charge is 2.44. The van der Waals surface area contributed by atoms with Gasteiger partial charge < -0.3 is 34.8 Å². The van der Waals surface area contributed by atoms with Gasteiger partial charge in [0.05, 0.1) is 36.2 Å². The van der Waals surface area contributed by atoms with E-state index < -0.39 is 45.9 Å². The van der Waals surface area contributed by atoms with Crippen LogP contribution in [0.1, 0.15) is 25.8 Å². The number of fused-ring (bicyclic) bond motifs is 1. The van der Waals surface area contributed by atoms with E-state index in [1.54, 1.807) is 0 Å². The summed E-state index contributed by atoms with van der Waals surface area (Å²) in [7, 11) is -4.22. The third-order valence-corrected chi connectivity index (χ3v) is 8.59. The maximum Gasteiger partial charge on any atom is 0.407 e. The zero-order valence-corrected chi connectivity index (χ0v) is 22.8. The van der Waals surface area contributed by atoms with Crippen molar-refractivity contribution in [3.8, 4) is 11.5 Å². The van der Waals surface area contributed by atoms with Crippen molar-refractivity contribution in [2.24, 2.45) is 11.8 Å². The van der Waals surface area contributed by atoms with Crippen LogP contribution in [0.3, 0.4) is 0 Å². The van der Waals surface area contributed by atoms with E-state index in [1.807, 2.05) is 44.2 Å². The highest BCUT2D eigenvalue weighted by molar-refractivity contribution is 7.89. The van der Waals surface area contributed by atoms with Gasteiger partial charge >= 0.3 is 6.09 Å². The number of ether oxygens (including phenoxy) is 3. The lowest BCUT2D eigenvalue weighted by Crippen LogP contribution is -2.51. The number of nitrogens with zero attached hydrogens (tertiary/aromatic N) is 1. The monoisotopic (exact) mass is 564 g/mol. The molecule has 2 aromatic rings. The average molecular weight is 565 g/mol. The minimum Gasteiger partial charge on any atom is -0.508 e. The van der Waals surface area contributed by atoms with E-state index in [2.05, 4.69) is 5.32 Å². The van der Waals surface area contributed by atoms with Crippen molar-refractivity contribution in [3.63, 3.8) is 0 Å². The summed E-state index contributed by atoms with van der Waals surface area (Å²) >= 11 is 0. The van der Waals surface area contributed by atoms with Crippen LogP contribution in [0.25, 0.3) is 0 Å². The number of sulfonamides is 1. The Kier molecular flexibility index (Phi) is 9.34. The molecule has 2 saturated heterocycles. The summed E-state index contributed by atoms with van der Waals surface area (Å²) in [6.07, 6.45) is -2.00. The molecule has 4 rings (SSSR count). The van der Waals surface area contributed by atoms with Gasteiger partial charge in [0.1, 0.15) is 17.6 Å². The fourth-order valence-corrected chi connectivity index (χ4v) is 6.58. The molecule has 2 aliphatic heterocycles. The minimum atomic E-state index is -4.22. The summed E-state index contributed by atoms with van der Waals surface area (Å²) in [4.78, 5) is 12.6. The van der Waals surface area contributed by atoms with Gasteiger partial charge in [0.15, 0.2) is 6.29 Å². The van der Waals surface area contributed by atoms with Crippen molar-refractivity contribution in [2.75, 3.05) is 26.3 Å². The van der Waals surface area contributed by atoms with Gasteiger partial charge in [-0.3, -0.25) is 0 Å². The predicted octanol–water partition coefficient (Wildman–Crippen LogP) is 2.20. The lowest BCUT2D eigenvalue weighted by molar-refractivity contribution is -0.0907. The number of aliphatic hydroxyl groups excluding tert-OH is 1. The molecule has 4 N–H and O–H groups in total. The summed E-state index contributed by atoms with van der Waals surface area (Å²) in [5, 5.41) is 33.8. The van der Waals surface area contributed by atoms with Crippen LogP contribution in [0, 0.1) is 11.8 Å². The Morgan fingerprint density at radius 3 is 2.46 bits per heavy atom. The van der Waals surface area contributed by atoms with Gasteiger partial charge in [0.25, 0.3) is 0 Å². The molecule has 0 radical (unpaired) electrons. The van der Waals surface area contributed by atoms with E-state index >= 15 is 0 Å². The summed E-state index contributed by atoms with van der Waals surface area (Å²) in [6.45, 7) is 4.11. The fourth-order valence-electron chi connectivity index (χ4n) is 4.90. The zero-order chi connectivity index (χ0) is 28.2. The van der Waals surface area contributed by atoms with E-state index in [1.165, 1.54) is 0 Å². The van der Waals surface area contributed by atoms with E-state index in [4.69, 9.17) is 14.2 Å². The number of hydrogen-bond donors (Lipinski definition) is 4. The van der Waals surface area contributed by atoms with Crippen LogP contribution < -0.4 is 5.32 Å². The van der Waals surface area contributed by atoms with Crippen LogP contribution in [0.15, 0.2) is 53.4 Å². The van der Waals surface area contributed by atoms with Crippen LogP contribution >= 0.6 is 0 Å². The van der Waals surface area contributed by atoms with Crippen molar-refractivity contribution in [3.05, 3.63) is 54.1 Å². The Morgan fingerprint density at radius 1 is 1.10 bits per heavy atom. The molecule has 0 spiro atoms. The van der Waals surface area contributed by atoms with Gasteiger partial charge in [-0.25, -0.2) is 13.2 Å². The first-order chi connectivity index (χ1) is 18.5. The first-order valence-electron chi connectivity index (χ1n) is 13.0. The number of amides is 1. The highest BCUT2D eigenvalue weighted by atomic mass is 32.2. The molecule has 12 heteroatoms. The second-order valence-corrected chi connectivity index (χ2v) is 12.3. The minimum absolute atomic E-state index is 0.0563. The van der Waals surface area contributed by atoms with Crippen LogP contribution in [0.4, 0.5) is 4.79 Å². The molecule has 1 amide bonds. The van der Waals surface area contributed by atoms with Crippen molar-refractivity contribution >= 4 is 16.1 Å². The molecule has 2 aliphatic rings. The molecule has 0 aliphatic carbocycles. The van der Waals surface area contributed by atoms with Gasteiger partial charge in [-0.15, -0.1) is 0 Å². The molecule has 0 bridgehead atoms. The summed E-state index contributed by atoms with van der Waals surface area (Å²) < 4.78 is 44.7. The number of hydrogen-bond acceptors (Lipinski definition) is 9.